The van der Waals surface area contributed by atoms with Gasteiger partial charge in [-0.05, 0) is 18.8 Å². The van der Waals surface area contributed by atoms with Crippen LogP contribution in [0, 0.1) is 23.7 Å². The van der Waals surface area contributed by atoms with E-state index in [1.54, 1.807) is 0 Å². The van der Waals surface area contributed by atoms with E-state index in [-0.39, 0.29) is 29.7 Å². The van der Waals surface area contributed by atoms with Crippen molar-refractivity contribution in [2.24, 2.45) is 23.7 Å². The van der Waals surface area contributed by atoms with E-state index in [1.807, 2.05) is 30.3 Å². The molecule has 3 heteroatoms. The van der Waals surface area contributed by atoms with Gasteiger partial charge in [0.05, 0.1) is 5.92 Å². The molecule has 3 fully saturated rings. The van der Waals surface area contributed by atoms with Crippen LogP contribution in [0.2, 0.25) is 0 Å². The molecule has 0 N–H and O–H groups in total. The van der Waals surface area contributed by atoms with Crippen LogP contribution in [0.5, 0.6) is 0 Å². The zero-order valence-corrected chi connectivity index (χ0v) is 9.91. The lowest BCUT2D eigenvalue weighted by Gasteiger charge is -2.23. The Morgan fingerprint density at radius 3 is 2.72 bits per heavy atom. The number of fused-ring (bicyclic) bond motifs is 1. The molecule has 1 aromatic rings. The number of ketones is 1. The predicted molar refractivity (Wildman–Crippen MR) is 63.8 cm³/mol. The molecule has 1 aliphatic heterocycles. The number of carbonyl (C=O) groups is 2. The smallest absolute Gasteiger partial charge is 0.310 e. The topological polar surface area (TPSA) is 43.4 Å². The molecule has 3 nitrogen and oxygen atoms in total. The zero-order valence-electron chi connectivity index (χ0n) is 9.91. The van der Waals surface area contributed by atoms with Crippen molar-refractivity contribution < 1.29 is 14.3 Å². The highest BCUT2D eigenvalue weighted by molar-refractivity contribution is 6.01. The summed E-state index contributed by atoms with van der Waals surface area (Å²) in [5, 5.41) is 0. The maximum atomic E-state index is 12.6. The molecular formula is C15H14O3. The molecule has 0 spiro atoms. The van der Waals surface area contributed by atoms with E-state index in [0.717, 1.165) is 18.4 Å². The van der Waals surface area contributed by atoms with Gasteiger partial charge in [0.1, 0.15) is 6.10 Å². The Morgan fingerprint density at radius 2 is 1.94 bits per heavy atom. The summed E-state index contributed by atoms with van der Waals surface area (Å²) in [6.45, 7) is 0. The molecule has 2 aliphatic carbocycles. The first-order valence-corrected chi connectivity index (χ1v) is 6.55. The minimum Gasteiger partial charge on any atom is -0.462 e. The minimum absolute atomic E-state index is 0.104. The summed E-state index contributed by atoms with van der Waals surface area (Å²) in [6, 6.07) is 9.32. The molecule has 1 aromatic carbocycles. The minimum atomic E-state index is -0.165. The normalized spacial score (nSPS) is 40.0. The van der Waals surface area contributed by atoms with Gasteiger partial charge in [0.15, 0.2) is 5.78 Å². The molecule has 1 saturated heterocycles. The van der Waals surface area contributed by atoms with Crippen LogP contribution in [0.1, 0.15) is 23.2 Å². The van der Waals surface area contributed by atoms with Gasteiger partial charge in [-0.2, -0.15) is 0 Å². The molecule has 2 saturated carbocycles. The summed E-state index contributed by atoms with van der Waals surface area (Å²) >= 11 is 0. The fraction of sp³-hybridized carbons (Fsp3) is 0.467. The third-order valence-corrected chi connectivity index (χ3v) is 4.84. The highest BCUT2D eigenvalue weighted by Crippen LogP contribution is 2.58. The largest absolute Gasteiger partial charge is 0.462 e. The average molecular weight is 242 g/mol. The first-order chi connectivity index (χ1) is 8.75. The molecular weight excluding hydrogens is 228 g/mol. The SMILES string of the molecule is O=C(c1ccccc1)[C@@H]1[C@@H]2C[C@@H]3[C@H]1C(=O)O[C@@H]3C2. The lowest BCUT2D eigenvalue weighted by atomic mass is 9.76. The van der Waals surface area contributed by atoms with Crippen molar-refractivity contribution in [2.75, 3.05) is 0 Å². The summed E-state index contributed by atoms with van der Waals surface area (Å²) in [5.74, 6) is 0.346. The van der Waals surface area contributed by atoms with E-state index in [2.05, 4.69) is 0 Å². The molecule has 0 aromatic heterocycles. The third-order valence-electron chi connectivity index (χ3n) is 4.84. The zero-order chi connectivity index (χ0) is 12.3. The Labute approximate surface area is 105 Å². The van der Waals surface area contributed by atoms with Crippen LogP contribution in [0.4, 0.5) is 0 Å². The maximum Gasteiger partial charge on any atom is 0.310 e. The number of esters is 1. The fourth-order valence-corrected chi connectivity index (χ4v) is 4.16. The third kappa shape index (κ3) is 1.19. The Kier molecular flexibility index (Phi) is 1.97. The highest BCUT2D eigenvalue weighted by atomic mass is 16.6. The van der Waals surface area contributed by atoms with E-state index in [9.17, 15) is 9.59 Å². The van der Waals surface area contributed by atoms with Crippen molar-refractivity contribution in [2.45, 2.75) is 18.9 Å². The summed E-state index contributed by atoms with van der Waals surface area (Å²) in [7, 11) is 0. The molecule has 0 amide bonds. The Hall–Kier alpha value is -1.64. The molecule has 3 aliphatic rings. The van der Waals surface area contributed by atoms with E-state index in [1.165, 1.54) is 0 Å². The fourth-order valence-electron chi connectivity index (χ4n) is 4.16. The molecule has 92 valence electrons. The van der Waals surface area contributed by atoms with Crippen LogP contribution in [0.3, 0.4) is 0 Å². The molecule has 18 heavy (non-hydrogen) atoms. The number of Topliss-reactive ketones (excluding diaryl/α,β-unsaturated/α-hetero) is 1. The number of rotatable bonds is 2. The van der Waals surface area contributed by atoms with Crippen LogP contribution in [-0.2, 0) is 9.53 Å². The van der Waals surface area contributed by atoms with Crippen molar-refractivity contribution in [3.63, 3.8) is 0 Å². The van der Waals surface area contributed by atoms with Gasteiger partial charge in [0, 0.05) is 17.4 Å². The van der Waals surface area contributed by atoms with Gasteiger partial charge in [-0.3, -0.25) is 9.59 Å². The van der Waals surface area contributed by atoms with Crippen molar-refractivity contribution in [3.05, 3.63) is 35.9 Å². The maximum absolute atomic E-state index is 12.6. The van der Waals surface area contributed by atoms with Crippen molar-refractivity contribution in [3.8, 4) is 0 Å². The van der Waals surface area contributed by atoms with Gasteiger partial charge in [0.2, 0.25) is 0 Å². The predicted octanol–water partition coefficient (Wildman–Crippen LogP) is 2.07. The summed E-state index contributed by atoms with van der Waals surface area (Å²) in [6.07, 6.45) is 1.98. The van der Waals surface area contributed by atoms with Gasteiger partial charge in [-0.1, -0.05) is 30.3 Å². The molecule has 0 radical (unpaired) electrons. The standard InChI is InChI=1S/C15H14O3/c16-14(8-4-2-1-3-5-8)12-9-6-10-11(7-9)18-15(17)13(10)12/h1-5,9-13H,6-7H2/t9-,10+,11-,12-,13-/m1/s1. The summed E-state index contributed by atoms with van der Waals surface area (Å²) < 4.78 is 5.36. The van der Waals surface area contributed by atoms with Crippen LogP contribution in [0.15, 0.2) is 30.3 Å². The number of hydrogen-bond acceptors (Lipinski definition) is 3. The first kappa shape index (κ1) is 10.3. The Balaban J connectivity index is 1.70. The molecule has 0 unspecified atom stereocenters. The van der Waals surface area contributed by atoms with Crippen molar-refractivity contribution in [1.29, 1.82) is 0 Å². The molecule has 1 heterocycles. The number of benzene rings is 1. The monoisotopic (exact) mass is 242 g/mol. The van der Waals surface area contributed by atoms with E-state index < -0.39 is 0 Å². The molecule has 2 bridgehead atoms. The van der Waals surface area contributed by atoms with Crippen LogP contribution < -0.4 is 0 Å². The van der Waals surface area contributed by atoms with Gasteiger partial charge < -0.3 is 4.74 Å². The lowest BCUT2D eigenvalue weighted by molar-refractivity contribution is -0.143. The number of carbonyl (C=O) groups excluding carboxylic acids is 2. The van der Waals surface area contributed by atoms with E-state index >= 15 is 0 Å². The van der Waals surface area contributed by atoms with Crippen LogP contribution >= 0.6 is 0 Å². The Morgan fingerprint density at radius 1 is 1.17 bits per heavy atom. The molecule has 5 atom stereocenters. The second-order valence-electron chi connectivity index (χ2n) is 5.65. The first-order valence-electron chi connectivity index (χ1n) is 6.55. The molecule has 4 rings (SSSR count). The van der Waals surface area contributed by atoms with Crippen molar-refractivity contribution in [1.82, 2.24) is 0 Å². The van der Waals surface area contributed by atoms with Crippen LogP contribution in [-0.4, -0.2) is 17.9 Å². The van der Waals surface area contributed by atoms with Gasteiger partial charge in [-0.15, -0.1) is 0 Å². The Bertz CT molecular complexity index is 520. The second kappa shape index (κ2) is 3.44. The van der Waals surface area contributed by atoms with E-state index in [4.69, 9.17) is 4.74 Å². The van der Waals surface area contributed by atoms with Gasteiger partial charge in [0.25, 0.3) is 0 Å². The number of hydrogen-bond donors (Lipinski definition) is 0. The lowest BCUT2D eigenvalue weighted by Crippen LogP contribution is -2.32. The number of ether oxygens (including phenoxy) is 1. The van der Waals surface area contributed by atoms with Gasteiger partial charge in [-0.25, -0.2) is 0 Å². The van der Waals surface area contributed by atoms with Crippen molar-refractivity contribution >= 4 is 11.8 Å². The quantitative estimate of drug-likeness (QED) is 0.589. The van der Waals surface area contributed by atoms with Crippen LogP contribution in [0.25, 0.3) is 0 Å². The van der Waals surface area contributed by atoms with Gasteiger partial charge >= 0.3 is 5.97 Å². The summed E-state index contributed by atoms with van der Waals surface area (Å²) in [5.41, 5.74) is 0.728. The summed E-state index contributed by atoms with van der Waals surface area (Å²) in [4.78, 5) is 24.4. The highest BCUT2D eigenvalue weighted by Gasteiger charge is 2.63. The van der Waals surface area contributed by atoms with E-state index in [0.29, 0.717) is 11.8 Å². The second-order valence-corrected chi connectivity index (χ2v) is 5.65. The average Bonchev–Trinajstić information content (AvgIpc) is 3.00.